The van der Waals surface area contributed by atoms with Crippen LogP contribution in [-0.4, -0.2) is 58.4 Å². The van der Waals surface area contributed by atoms with Crippen molar-refractivity contribution in [1.29, 1.82) is 0 Å². The van der Waals surface area contributed by atoms with E-state index in [1.165, 1.54) is 0 Å². The van der Waals surface area contributed by atoms with Crippen molar-refractivity contribution in [2.75, 3.05) is 26.2 Å². The first-order valence-electron chi connectivity index (χ1n) is 8.78. The van der Waals surface area contributed by atoms with Gasteiger partial charge in [-0.15, -0.1) is 0 Å². The highest BCUT2D eigenvalue weighted by Gasteiger charge is 2.37. The van der Waals surface area contributed by atoms with Crippen LogP contribution < -0.4 is 0 Å². The Bertz CT molecular complexity index is 645. The lowest BCUT2D eigenvalue weighted by molar-refractivity contribution is -0.0414. The van der Waals surface area contributed by atoms with Gasteiger partial charge in [0.1, 0.15) is 5.60 Å². The van der Waals surface area contributed by atoms with E-state index < -0.39 is 11.2 Å². The van der Waals surface area contributed by atoms with Crippen molar-refractivity contribution < 1.29 is 14.6 Å². The molecule has 1 heterocycles. The Kier molecular flexibility index (Phi) is 6.49. The third-order valence-corrected chi connectivity index (χ3v) is 5.00. The molecule has 0 bridgehead atoms. The summed E-state index contributed by atoms with van der Waals surface area (Å²) in [6.07, 6.45) is -0.300. The van der Waals surface area contributed by atoms with E-state index in [1.54, 1.807) is 30.9 Å². The number of hydrogen-bond donors (Lipinski definition) is 1. The van der Waals surface area contributed by atoms with Gasteiger partial charge in [-0.2, -0.15) is 0 Å². The van der Waals surface area contributed by atoms with Crippen molar-refractivity contribution in [3.8, 4) is 0 Å². The number of amides is 1. The summed E-state index contributed by atoms with van der Waals surface area (Å²) < 4.78 is 5.44. The van der Waals surface area contributed by atoms with Gasteiger partial charge in [0.15, 0.2) is 0 Å². The summed E-state index contributed by atoms with van der Waals surface area (Å²) >= 11 is 12.2. The number of carbonyl (C=O) groups is 1. The lowest BCUT2D eigenvalue weighted by atomic mass is 9.90. The summed E-state index contributed by atoms with van der Waals surface area (Å²) in [5.74, 6) is 0. The minimum absolute atomic E-state index is 0.252. The van der Waals surface area contributed by atoms with Crippen LogP contribution in [0.5, 0.6) is 0 Å². The molecule has 1 atom stereocenters. The van der Waals surface area contributed by atoms with E-state index in [2.05, 4.69) is 4.90 Å². The third-order valence-electron chi connectivity index (χ3n) is 4.26. The Morgan fingerprint density at radius 1 is 1.08 bits per heavy atom. The lowest BCUT2D eigenvalue weighted by Gasteiger charge is -2.44. The summed E-state index contributed by atoms with van der Waals surface area (Å²) in [6.45, 7) is 11.5. The molecule has 1 amide bonds. The largest absolute Gasteiger partial charge is 0.444 e. The van der Waals surface area contributed by atoms with Gasteiger partial charge in [0.25, 0.3) is 0 Å². The molecule has 26 heavy (non-hydrogen) atoms. The van der Waals surface area contributed by atoms with Gasteiger partial charge in [0, 0.05) is 26.2 Å². The summed E-state index contributed by atoms with van der Waals surface area (Å²) in [5.41, 5.74) is -0.590. The van der Waals surface area contributed by atoms with Crippen molar-refractivity contribution in [3.05, 3.63) is 33.8 Å². The van der Waals surface area contributed by atoms with Gasteiger partial charge in [-0.25, -0.2) is 4.79 Å². The lowest BCUT2D eigenvalue weighted by Crippen LogP contribution is -2.54. The fraction of sp³-hybridized carbons (Fsp3) is 0.632. The van der Waals surface area contributed by atoms with Crippen LogP contribution in [0.3, 0.4) is 0 Å². The first-order valence-corrected chi connectivity index (χ1v) is 9.53. The first kappa shape index (κ1) is 21.3. The molecular weight excluding hydrogens is 375 g/mol. The van der Waals surface area contributed by atoms with E-state index in [9.17, 15) is 9.90 Å². The number of hydrogen-bond acceptors (Lipinski definition) is 4. The van der Waals surface area contributed by atoms with Crippen LogP contribution >= 0.6 is 23.2 Å². The molecule has 5 nitrogen and oxygen atoms in total. The summed E-state index contributed by atoms with van der Waals surface area (Å²) in [5, 5.41) is 11.7. The maximum absolute atomic E-state index is 12.2. The Labute approximate surface area is 165 Å². The number of carbonyl (C=O) groups excluding carboxylic acids is 1. The molecule has 1 N–H and O–H groups in total. The molecule has 146 valence electrons. The van der Waals surface area contributed by atoms with Gasteiger partial charge >= 0.3 is 6.09 Å². The Morgan fingerprint density at radius 2 is 1.65 bits per heavy atom. The second-order valence-electron chi connectivity index (χ2n) is 8.23. The van der Waals surface area contributed by atoms with E-state index in [4.69, 9.17) is 27.9 Å². The normalized spacial score (nSPS) is 17.9. The number of rotatable bonds is 3. The average molecular weight is 403 g/mol. The number of benzene rings is 1. The first-order chi connectivity index (χ1) is 11.9. The van der Waals surface area contributed by atoms with Crippen molar-refractivity contribution in [2.45, 2.75) is 51.9 Å². The van der Waals surface area contributed by atoms with Crippen molar-refractivity contribution >= 4 is 29.3 Å². The van der Waals surface area contributed by atoms with Crippen LogP contribution in [0.1, 0.15) is 46.2 Å². The van der Waals surface area contributed by atoms with Crippen molar-refractivity contribution in [2.24, 2.45) is 0 Å². The van der Waals surface area contributed by atoms with Crippen LogP contribution in [0.2, 0.25) is 10.0 Å². The van der Waals surface area contributed by atoms with Crippen LogP contribution in [0.25, 0.3) is 0 Å². The quantitative estimate of drug-likeness (QED) is 0.815. The number of halogens is 2. The number of ether oxygens (including phenoxy) is 1. The molecule has 1 saturated heterocycles. The monoisotopic (exact) mass is 402 g/mol. The zero-order valence-corrected chi connectivity index (χ0v) is 17.6. The Morgan fingerprint density at radius 3 is 2.12 bits per heavy atom. The van der Waals surface area contributed by atoms with Gasteiger partial charge in [0.05, 0.1) is 21.7 Å². The highest BCUT2D eigenvalue weighted by Crippen LogP contribution is 2.35. The van der Waals surface area contributed by atoms with Crippen molar-refractivity contribution in [3.63, 3.8) is 0 Å². The van der Waals surface area contributed by atoms with E-state index in [0.717, 1.165) is 5.56 Å². The Hall–Kier alpha value is -1.01. The zero-order chi connectivity index (χ0) is 19.7. The fourth-order valence-corrected chi connectivity index (χ4v) is 3.54. The zero-order valence-electron chi connectivity index (χ0n) is 16.1. The summed E-state index contributed by atoms with van der Waals surface area (Å²) in [4.78, 5) is 16.1. The number of piperazine rings is 1. The summed E-state index contributed by atoms with van der Waals surface area (Å²) in [6, 6.07) is 5.18. The van der Waals surface area contributed by atoms with Gasteiger partial charge in [-0.1, -0.05) is 29.3 Å². The van der Waals surface area contributed by atoms with Crippen LogP contribution in [0.15, 0.2) is 18.2 Å². The Balaban J connectivity index is 2.12. The molecule has 2 rings (SSSR count). The maximum atomic E-state index is 12.2. The molecule has 1 unspecified atom stereocenters. The standard InChI is InChI=1S/C19H28Cl2N2O3/c1-18(2,3)26-17(24)23-10-8-22(9-11-23)16(19(4,5)25)13-6-7-14(20)15(21)12-13/h6-7,12,16,25H,8-11H2,1-5H3. The van der Waals surface area contributed by atoms with E-state index >= 15 is 0 Å². The minimum Gasteiger partial charge on any atom is -0.444 e. The van der Waals surface area contributed by atoms with E-state index in [1.807, 2.05) is 26.8 Å². The van der Waals surface area contributed by atoms with Crippen molar-refractivity contribution in [1.82, 2.24) is 9.80 Å². The molecule has 1 aromatic carbocycles. The van der Waals surface area contributed by atoms with Gasteiger partial charge in [-0.05, 0) is 52.3 Å². The molecule has 0 aromatic heterocycles. The third kappa shape index (κ3) is 5.49. The molecule has 0 aliphatic carbocycles. The highest BCUT2D eigenvalue weighted by atomic mass is 35.5. The van der Waals surface area contributed by atoms with Gasteiger partial charge in [-0.3, -0.25) is 4.90 Å². The van der Waals surface area contributed by atoms with Crippen LogP contribution in [0.4, 0.5) is 4.79 Å². The van der Waals surface area contributed by atoms with Gasteiger partial charge < -0.3 is 14.7 Å². The molecule has 0 spiro atoms. The maximum Gasteiger partial charge on any atom is 0.410 e. The SMILES string of the molecule is CC(C)(C)OC(=O)N1CCN(C(c2ccc(Cl)c(Cl)c2)C(C)(C)O)CC1. The predicted octanol–water partition coefficient (Wildman–Crippen LogP) is 4.36. The second kappa shape index (κ2) is 7.93. The summed E-state index contributed by atoms with van der Waals surface area (Å²) in [7, 11) is 0. The van der Waals surface area contributed by atoms with Crippen LogP contribution in [-0.2, 0) is 4.74 Å². The molecule has 1 aliphatic heterocycles. The number of aliphatic hydroxyl groups is 1. The molecule has 1 aliphatic rings. The fourth-order valence-electron chi connectivity index (χ4n) is 3.24. The predicted molar refractivity (Wildman–Crippen MR) is 105 cm³/mol. The number of nitrogens with zero attached hydrogens (tertiary/aromatic N) is 2. The average Bonchev–Trinajstić information content (AvgIpc) is 2.48. The molecular formula is C19H28Cl2N2O3. The van der Waals surface area contributed by atoms with E-state index in [-0.39, 0.29) is 12.1 Å². The molecule has 7 heteroatoms. The molecule has 0 radical (unpaired) electrons. The molecule has 1 fully saturated rings. The minimum atomic E-state index is -0.981. The smallest absolute Gasteiger partial charge is 0.410 e. The van der Waals surface area contributed by atoms with Gasteiger partial charge in [0.2, 0.25) is 0 Å². The molecule has 1 aromatic rings. The second-order valence-corrected chi connectivity index (χ2v) is 9.05. The highest BCUT2D eigenvalue weighted by molar-refractivity contribution is 6.42. The van der Waals surface area contributed by atoms with E-state index in [0.29, 0.717) is 36.2 Å². The van der Waals surface area contributed by atoms with Crippen LogP contribution in [0, 0.1) is 0 Å². The topological polar surface area (TPSA) is 53.0 Å². The molecule has 0 saturated carbocycles.